The third-order valence-corrected chi connectivity index (χ3v) is 2.73. The third kappa shape index (κ3) is 7.29. The molecular formula is C15H24N2O3. The topological polar surface area (TPSA) is 69.6 Å². The third-order valence-electron chi connectivity index (χ3n) is 2.73. The summed E-state index contributed by atoms with van der Waals surface area (Å²) >= 11 is 0. The number of aliphatic hydroxyl groups excluding tert-OH is 1. The van der Waals surface area contributed by atoms with Crippen LogP contribution in [0.2, 0.25) is 0 Å². The lowest BCUT2D eigenvalue weighted by molar-refractivity contribution is 0.00635. The lowest BCUT2D eigenvalue weighted by Gasteiger charge is -2.23. The number of rotatable bonds is 10. The van der Waals surface area contributed by atoms with Crippen LogP contribution < -0.4 is 0 Å². The number of hydrogen-bond donors (Lipinski definition) is 1. The molecule has 0 aliphatic carbocycles. The van der Waals surface area contributed by atoms with E-state index in [2.05, 4.69) is 19.9 Å². The number of aliphatic hydroxyl groups is 1. The SMILES string of the molecule is CC(C)COCC(O)CN(CCC#N)Cc1ccco1. The van der Waals surface area contributed by atoms with Crippen molar-refractivity contribution in [2.45, 2.75) is 32.9 Å². The van der Waals surface area contributed by atoms with Crippen molar-refractivity contribution in [3.8, 4) is 6.07 Å². The van der Waals surface area contributed by atoms with Gasteiger partial charge in [0.2, 0.25) is 0 Å². The quantitative estimate of drug-likeness (QED) is 0.710. The molecule has 20 heavy (non-hydrogen) atoms. The Hall–Kier alpha value is -1.35. The predicted molar refractivity (Wildman–Crippen MR) is 75.9 cm³/mol. The number of ether oxygens (including phenoxy) is 1. The van der Waals surface area contributed by atoms with E-state index in [0.29, 0.717) is 45.2 Å². The molecule has 0 aliphatic heterocycles. The minimum Gasteiger partial charge on any atom is -0.468 e. The summed E-state index contributed by atoms with van der Waals surface area (Å²) < 4.78 is 10.7. The van der Waals surface area contributed by atoms with E-state index in [4.69, 9.17) is 14.4 Å². The fourth-order valence-corrected chi connectivity index (χ4v) is 1.86. The average Bonchev–Trinajstić information content (AvgIpc) is 2.88. The number of nitrogens with zero attached hydrogens (tertiary/aromatic N) is 2. The molecule has 1 aromatic rings. The van der Waals surface area contributed by atoms with E-state index < -0.39 is 6.10 Å². The first-order valence-corrected chi connectivity index (χ1v) is 6.99. The molecule has 112 valence electrons. The van der Waals surface area contributed by atoms with Crippen molar-refractivity contribution in [3.63, 3.8) is 0 Å². The highest BCUT2D eigenvalue weighted by Gasteiger charge is 2.13. The van der Waals surface area contributed by atoms with Crippen molar-refractivity contribution in [2.24, 2.45) is 5.92 Å². The first-order chi connectivity index (χ1) is 9.61. The standard InChI is InChI=1S/C15H24N2O3/c1-13(2)11-19-12-14(18)9-17(7-4-6-16)10-15-5-3-8-20-15/h3,5,8,13-14,18H,4,7,9-12H2,1-2H3. The molecule has 1 aromatic heterocycles. The first-order valence-electron chi connectivity index (χ1n) is 6.99. The van der Waals surface area contributed by atoms with Crippen LogP contribution in [0.25, 0.3) is 0 Å². The molecule has 0 amide bonds. The Bertz CT molecular complexity index is 384. The van der Waals surface area contributed by atoms with E-state index in [1.54, 1.807) is 6.26 Å². The Morgan fingerprint density at radius 1 is 1.45 bits per heavy atom. The molecule has 0 aliphatic rings. The van der Waals surface area contributed by atoms with Gasteiger partial charge >= 0.3 is 0 Å². The van der Waals surface area contributed by atoms with Gasteiger partial charge in [0, 0.05) is 26.1 Å². The monoisotopic (exact) mass is 280 g/mol. The van der Waals surface area contributed by atoms with Gasteiger partial charge in [-0.3, -0.25) is 4.90 Å². The van der Waals surface area contributed by atoms with Gasteiger partial charge in [0.15, 0.2) is 0 Å². The molecule has 1 atom stereocenters. The summed E-state index contributed by atoms with van der Waals surface area (Å²) in [6, 6.07) is 5.85. The van der Waals surface area contributed by atoms with Crippen LogP contribution in [0.4, 0.5) is 0 Å². The average molecular weight is 280 g/mol. The van der Waals surface area contributed by atoms with E-state index >= 15 is 0 Å². The zero-order chi connectivity index (χ0) is 14.8. The van der Waals surface area contributed by atoms with Crippen LogP contribution in [0.3, 0.4) is 0 Å². The van der Waals surface area contributed by atoms with Crippen molar-refractivity contribution >= 4 is 0 Å². The highest BCUT2D eigenvalue weighted by molar-refractivity contribution is 4.98. The van der Waals surface area contributed by atoms with Gasteiger partial charge in [0.25, 0.3) is 0 Å². The van der Waals surface area contributed by atoms with Crippen LogP contribution in [0.5, 0.6) is 0 Å². The second kappa shape index (κ2) is 9.54. The van der Waals surface area contributed by atoms with E-state index in [9.17, 15) is 5.11 Å². The molecule has 1 rings (SSSR count). The zero-order valence-corrected chi connectivity index (χ0v) is 12.3. The van der Waals surface area contributed by atoms with Gasteiger partial charge in [-0.05, 0) is 18.1 Å². The molecule has 0 bridgehead atoms. The van der Waals surface area contributed by atoms with Crippen LogP contribution in [0.15, 0.2) is 22.8 Å². The Labute approximate surface area is 120 Å². The van der Waals surface area contributed by atoms with Crippen LogP contribution in [0, 0.1) is 17.2 Å². The number of hydrogen-bond acceptors (Lipinski definition) is 5. The van der Waals surface area contributed by atoms with Crippen molar-refractivity contribution < 1.29 is 14.3 Å². The molecule has 5 heteroatoms. The first kappa shape index (κ1) is 16.7. The van der Waals surface area contributed by atoms with Gasteiger partial charge in [0.05, 0.1) is 31.6 Å². The maximum atomic E-state index is 9.98. The van der Waals surface area contributed by atoms with Crippen LogP contribution in [-0.4, -0.2) is 42.4 Å². The Morgan fingerprint density at radius 3 is 2.85 bits per heavy atom. The van der Waals surface area contributed by atoms with Gasteiger partial charge < -0.3 is 14.3 Å². The highest BCUT2D eigenvalue weighted by atomic mass is 16.5. The van der Waals surface area contributed by atoms with E-state index in [0.717, 1.165) is 5.76 Å². The molecule has 0 radical (unpaired) electrons. The molecule has 5 nitrogen and oxygen atoms in total. The highest BCUT2D eigenvalue weighted by Crippen LogP contribution is 2.07. The summed E-state index contributed by atoms with van der Waals surface area (Å²) in [6.45, 7) is 6.78. The van der Waals surface area contributed by atoms with Gasteiger partial charge in [-0.15, -0.1) is 0 Å². The van der Waals surface area contributed by atoms with E-state index in [1.165, 1.54) is 0 Å². The molecule has 0 saturated heterocycles. The summed E-state index contributed by atoms with van der Waals surface area (Å²) in [5.41, 5.74) is 0. The molecule has 1 N–H and O–H groups in total. The van der Waals surface area contributed by atoms with Gasteiger partial charge in [-0.1, -0.05) is 13.8 Å². The molecule has 0 aromatic carbocycles. The number of furan rings is 1. The second-order valence-electron chi connectivity index (χ2n) is 5.31. The smallest absolute Gasteiger partial charge is 0.117 e. The van der Waals surface area contributed by atoms with E-state index in [1.807, 2.05) is 17.0 Å². The van der Waals surface area contributed by atoms with Crippen molar-refractivity contribution in [3.05, 3.63) is 24.2 Å². The molecule has 0 spiro atoms. The van der Waals surface area contributed by atoms with Crippen molar-refractivity contribution in [2.75, 3.05) is 26.3 Å². The van der Waals surface area contributed by atoms with Crippen LogP contribution in [-0.2, 0) is 11.3 Å². The summed E-state index contributed by atoms with van der Waals surface area (Å²) in [4.78, 5) is 2.01. The molecule has 1 heterocycles. The molecule has 0 fully saturated rings. The fraction of sp³-hybridized carbons (Fsp3) is 0.667. The van der Waals surface area contributed by atoms with E-state index in [-0.39, 0.29) is 0 Å². The lowest BCUT2D eigenvalue weighted by Crippen LogP contribution is -2.35. The number of nitriles is 1. The normalized spacial score (nSPS) is 12.8. The van der Waals surface area contributed by atoms with Crippen LogP contribution >= 0.6 is 0 Å². The summed E-state index contributed by atoms with van der Waals surface area (Å²) in [6.07, 6.45) is 1.50. The predicted octanol–water partition coefficient (Wildman–Crippen LogP) is 2.03. The maximum Gasteiger partial charge on any atom is 0.117 e. The Kier molecular flexibility index (Phi) is 7.97. The summed E-state index contributed by atoms with van der Waals surface area (Å²) in [5, 5.41) is 18.7. The van der Waals surface area contributed by atoms with Gasteiger partial charge in [0.1, 0.15) is 5.76 Å². The van der Waals surface area contributed by atoms with Gasteiger partial charge in [-0.25, -0.2) is 0 Å². The van der Waals surface area contributed by atoms with Crippen molar-refractivity contribution in [1.82, 2.24) is 4.90 Å². The van der Waals surface area contributed by atoms with Gasteiger partial charge in [-0.2, -0.15) is 5.26 Å². The largest absolute Gasteiger partial charge is 0.468 e. The minimum absolute atomic E-state index is 0.319. The zero-order valence-electron chi connectivity index (χ0n) is 12.3. The fourth-order valence-electron chi connectivity index (χ4n) is 1.86. The maximum absolute atomic E-state index is 9.98. The Morgan fingerprint density at radius 2 is 2.25 bits per heavy atom. The Balaban J connectivity index is 2.37. The second-order valence-corrected chi connectivity index (χ2v) is 5.31. The van der Waals surface area contributed by atoms with Crippen LogP contribution in [0.1, 0.15) is 26.0 Å². The lowest BCUT2D eigenvalue weighted by atomic mass is 10.2. The summed E-state index contributed by atoms with van der Waals surface area (Å²) in [7, 11) is 0. The summed E-state index contributed by atoms with van der Waals surface area (Å²) in [5.74, 6) is 1.29. The molecule has 0 saturated carbocycles. The van der Waals surface area contributed by atoms with Crippen molar-refractivity contribution in [1.29, 1.82) is 5.26 Å². The molecule has 1 unspecified atom stereocenters. The molecular weight excluding hydrogens is 256 g/mol. The minimum atomic E-state index is -0.553.